The number of para-hydroxylation sites is 1. The maximum Gasteiger partial charge on any atom is 0.340 e. The van der Waals surface area contributed by atoms with Gasteiger partial charge in [-0.3, -0.25) is 4.79 Å². The molecule has 29 heavy (non-hydrogen) atoms. The number of benzene rings is 1. The van der Waals surface area contributed by atoms with E-state index in [1.807, 2.05) is 31.2 Å². The molecule has 0 aliphatic heterocycles. The van der Waals surface area contributed by atoms with Crippen LogP contribution in [0.1, 0.15) is 49.3 Å². The summed E-state index contributed by atoms with van der Waals surface area (Å²) in [5.41, 5.74) is 2.46. The Balaban J connectivity index is 2.23. The summed E-state index contributed by atoms with van der Waals surface area (Å²) < 4.78 is 10.7. The van der Waals surface area contributed by atoms with Crippen LogP contribution in [0.3, 0.4) is 0 Å². The summed E-state index contributed by atoms with van der Waals surface area (Å²) in [7, 11) is 1.56. The number of pyridine rings is 1. The van der Waals surface area contributed by atoms with Crippen molar-refractivity contribution in [2.45, 2.75) is 41.2 Å². The molecule has 0 fully saturated rings. The molecule has 0 unspecified atom stereocenters. The minimum atomic E-state index is -0.546. The van der Waals surface area contributed by atoms with E-state index >= 15 is 0 Å². The maximum absolute atomic E-state index is 12.9. The van der Waals surface area contributed by atoms with Crippen LogP contribution >= 0.6 is 0 Å². The average Bonchev–Trinajstić information content (AvgIpc) is 2.65. The zero-order chi connectivity index (χ0) is 21.6. The van der Waals surface area contributed by atoms with Gasteiger partial charge in [-0.05, 0) is 30.4 Å². The van der Waals surface area contributed by atoms with Crippen molar-refractivity contribution in [2.75, 3.05) is 26.8 Å². The van der Waals surface area contributed by atoms with Gasteiger partial charge in [0.25, 0.3) is 5.91 Å². The molecule has 0 aliphatic carbocycles. The number of carbonyl (C=O) groups excluding carboxylic acids is 2. The molecule has 158 valence electrons. The molecular weight excluding hydrogens is 368 g/mol. The molecule has 6 nitrogen and oxygen atoms in total. The van der Waals surface area contributed by atoms with E-state index in [0.29, 0.717) is 36.2 Å². The van der Waals surface area contributed by atoms with Crippen LogP contribution < -0.4 is 0 Å². The highest BCUT2D eigenvalue weighted by atomic mass is 16.5. The van der Waals surface area contributed by atoms with Gasteiger partial charge in [0.2, 0.25) is 0 Å². The number of nitrogens with zero attached hydrogens (tertiary/aromatic N) is 2. The molecule has 0 saturated carbocycles. The van der Waals surface area contributed by atoms with Crippen LogP contribution in [0.2, 0.25) is 0 Å². The first-order valence-corrected chi connectivity index (χ1v) is 10.1. The second-order valence-electron chi connectivity index (χ2n) is 8.17. The summed E-state index contributed by atoms with van der Waals surface area (Å²) in [6.45, 7) is 11.3. The highest BCUT2D eigenvalue weighted by Crippen LogP contribution is 2.24. The lowest BCUT2D eigenvalue weighted by atomic mass is 10.0. The third-order valence-corrected chi connectivity index (χ3v) is 4.56. The second-order valence-corrected chi connectivity index (χ2v) is 8.17. The zero-order valence-electron chi connectivity index (χ0n) is 18.3. The summed E-state index contributed by atoms with van der Waals surface area (Å²) in [6, 6.07) is 7.63. The number of aryl methyl sites for hydroxylation is 1. The molecule has 1 amide bonds. The van der Waals surface area contributed by atoms with Crippen molar-refractivity contribution in [3.05, 3.63) is 41.1 Å². The molecule has 6 heteroatoms. The first-order chi connectivity index (χ1) is 13.7. The van der Waals surface area contributed by atoms with Crippen molar-refractivity contribution >= 4 is 22.8 Å². The van der Waals surface area contributed by atoms with E-state index in [1.54, 1.807) is 12.0 Å². The van der Waals surface area contributed by atoms with Crippen LogP contribution in [0.25, 0.3) is 10.9 Å². The van der Waals surface area contributed by atoms with Crippen LogP contribution in [-0.2, 0) is 20.9 Å². The summed E-state index contributed by atoms with van der Waals surface area (Å²) in [4.78, 5) is 31.9. The van der Waals surface area contributed by atoms with Gasteiger partial charge in [-0.2, -0.15) is 0 Å². The van der Waals surface area contributed by atoms with Gasteiger partial charge in [-0.15, -0.1) is 0 Å². The van der Waals surface area contributed by atoms with Crippen LogP contribution in [0.5, 0.6) is 0 Å². The molecule has 0 radical (unpaired) electrons. The maximum atomic E-state index is 12.9. The normalized spacial score (nSPS) is 11.3. The Morgan fingerprint density at radius 1 is 1.07 bits per heavy atom. The minimum Gasteiger partial charge on any atom is -0.452 e. The highest BCUT2D eigenvalue weighted by Gasteiger charge is 2.23. The molecule has 0 N–H and O–H groups in total. The number of aromatic nitrogens is 1. The van der Waals surface area contributed by atoms with Gasteiger partial charge in [0, 0.05) is 25.6 Å². The van der Waals surface area contributed by atoms with Crippen LogP contribution in [-0.4, -0.2) is 48.6 Å². The van der Waals surface area contributed by atoms with Crippen molar-refractivity contribution in [3.63, 3.8) is 0 Å². The number of methoxy groups -OCH3 is 1. The number of amides is 1. The molecule has 0 bridgehead atoms. The Bertz CT molecular complexity index is 851. The van der Waals surface area contributed by atoms with Crippen molar-refractivity contribution in [3.8, 4) is 0 Å². The Morgan fingerprint density at radius 3 is 2.28 bits per heavy atom. The molecular formula is C23H32N2O4. The number of hydrogen-bond acceptors (Lipinski definition) is 5. The van der Waals surface area contributed by atoms with E-state index in [9.17, 15) is 9.59 Å². The zero-order valence-corrected chi connectivity index (χ0v) is 18.3. The highest BCUT2D eigenvalue weighted by molar-refractivity contribution is 5.99. The first kappa shape index (κ1) is 22.8. The summed E-state index contributed by atoms with van der Waals surface area (Å²) >= 11 is 0. The van der Waals surface area contributed by atoms with Gasteiger partial charge >= 0.3 is 5.97 Å². The number of rotatable bonds is 9. The number of esters is 1. The monoisotopic (exact) mass is 400 g/mol. The fourth-order valence-electron chi connectivity index (χ4n) is 3.40. The SMILES string of the molecule is COCc1nc2ccccc2c(C)c1C(=O)OCC(=O)N(CC(C)C)CC(C)C. The summed E-state index contributed by atoms with van der Waals surface area (Å²) in [5.74, 6) is -0.0436. The molecule has 1 aromatic heterocycles. The van der Waals surface area contributed by atoms with Crippen molar-refractivity contribution in [1.29, 1.82) is 0 Å². The Morgan fingerprint density at radius 2 is 1.69 bits per heavy atom. The number of fused-ring (bicyclic) bond motifs is 1. The molecule has 2 rings (SSSR count). The largest absolute Gasteiger partial charge is 0.452 e. The third kappa shape index (κ3) is 6.00. The van der Waals surface area contributed by atoms with Crippen LogP contribution in [0, 0.1) is 18.8 Å². The van der Waals surface area contributed by atoms with E-state index in [2.05, 4.69) is 32.7 Å². The molecule has 0 atom stereocenters. The van der Waals surface area contributed by atoms with Crippen LogP contribution in [0.15, 0.2) is 24.3 Å². The van der Waals surface area contributed by atoms with Crippen molar-refractivity contribution in [2.24, 2.45) is 11.8 Å². The third-order valence-electron chi connectivity index (χ3n) is 4.56. The Labute approximate surface area is 173 Å². The lowest BCUT2D eigenvalue weighted by Crippen LogP contribution is -2.39. The van der Waals surface area contributed by atoms with E-state index in [1.165, 1.54) is 0 Å². The van der Waals surface area contributed by atoms with Crippen molar-refractivity contribution < 1.29 is 19.1 Å². The fourth-order valence-corrected chi connectivity index (χ4v) is 3.40. The smallest absolute Gasteiger partial charge is 0.340 e. The minimum absolute atomic E-state index is 0.180. The van der Waals surface area contributed by atoms with Gasteiger partial charge in [0.1, 0.15) is 0 Å². The van der Waals surface area contributed by atoms with E-state index in [0.717, 1.165) is 16.5 Å². The van der Waals surface area contributed by atoms with Crippen molar-refractivity contribution in [1.82, 2.24) is 9.88 Å². The Hall–Kier alpha value is -2.47. The molecule has 0 aliphatic rings. The lowest BCUT2D eigenvalue weighted by Gasteiger charge is -2.26. The van der Waals surface area contributed by atoms with Crippen LogP contribution in [0.4, 0.5) is 0 Å². The van der Waals surface area contributed by atoms with E-state index in [-0.39, 0.29) is 19.1 Å². The first-order valence-electron chi connectivity index (χ1n) is 10.1. The topological polar surface area (TPSA) is 68.7 Å². The predicted octanol–water partition coefficient (Wildman–Crippen LogP) is 3.99. The number of ether oxygens (including phenoxy) is 2. The standard InChI is InChI=1S/C23H32N2O4/c1-15(2)11-25(12-16(3)4)21(26)14-29-23(27)22-17(5)18-9-7-8-10-19(18)24-20(22)13-28-6/h7-10,15-16H,11-14H2,1-6H3. The molecule has 1 heterocycles. The van der Waals surface area contributed by atoms with E-state index < -0.39 is 5.97 Å². The fraction of sp³-hybridized carbons (Fsp3) is 0.522. The average molecular weight is 401 g/mol. The lowest BCUT2D eigenvalue weighted by molar-refractivity contribution is -0.135. The van der Waals surface area contributed by atoms with E-state index in [4.69, 9.17) is 9.47 Å². The second kappa shape index (κ2) is 10.3. The molecule has 2 aromatic rings. The number of hydrogen-bond donors (Lipinski definition) is 0. The summed E-state index contributed by atoms with van der Waals surface area (Å²) in [6.07, 6.45) is 0. The Kier molecular flexibility index (Phi) is 8.14. The predicted molar refractivity (Wildman–Crippen MR) is 114 cm³/mol. The molecule has 0 saturated heterocycles. The van der Waals surface area contributed by atoms with Gasteiger partial charge in [-0.1, -0.05) is 45.9 Å². The van der Waals surface area contributed by atoms with Gasteiger partial charge in [0.15, 0.2) is 6.61 Å². The van der Waals surface area contributed by atoms with Gasteiger partial charge in [-0.25, -0.2) is 9.78 Å². The molecule has 0 spiro atoms. The summed E-state index contributed by atoms with van der Waals surface area (Å²) in [5, 5.41) is 0.881. The quantitative estimate of drug-likeness (QED) is 0.596. The molecule has 1 aromatic carbocycles. The number of carbonyl (C=O) groups is 2. The van der Waals surface area contributed by atoms with Gasteiger partial charge in [0.05, 0.1) is 23.4 Å². The van der Waals surface area contributed by atoms with Gasteiger partial charge < -0.3 is 14.4 Å².